The van der Waals surface area contributed by atoms with Crippen LogP contribution in [0.3, 0.4) is 0 Å². The number of rotatable bonds is 6. The number of benzene rings is 3. The van der Waals surface area contributed by atoms with Crippen LogP contribution in [-0.2, 0) is 6.54 Å². The zero-order valence-electron chi connectivity index (χ0n) is 16.0. The Morgan fingerprint density at radius 3 is 2.40 bits per heavy atom. The number of aromatic nitrogens is 2. The first kappa shape index (κ1) is 19.1. The summed E-state index contributed by atoms with van der Waals surface area (Å²) in [5.74, 6) is 0.602. The fourth-order valence-corrected chi connectivity index (χ4v) is 2.99. The first-order valence-electron chi connectivity index (χ1n) is 9.41. The van der Waals surface area contributed by atoms with Gasteiger partial charge in [0.05, 0.1) is 16.9 Å². The third kappa shape index (κ3) is 4.42. The van der Waals surface area contributed by atoms with E-state index in [1.165, 1.54) is 6.07 Å². The van der Waals surface area contributed by atoms with Gasteiger partial charge in [-0.05, 0) is 18.2 Å². The molecule has 3 aromatic carbocycles. The van der Waals surface area contributed by atoms with Crippen molar-refractivity contribution in [1.82, 2.24) is 9.97 Å². The molecule has 0 aliphatic rings. The van der Waals surface area contributed by atoms with Crippen molar-refractivity contribution in [2.75, 3.05) is 10.6 Å². The minimum atomic E-state index is -0.287. The Kier molecular flexibility index (Phi) is 5.63. The van der Waals surface area contributed by atoms with Crippen molar-refractivity contribution >= 4 is 17.5 Å². The molecule has 4 rings (SSSR count). The van der Waals surface area contributed by atoms with Gasteiger partial charge in [-0.1, -0.05) is 60.7 Å². The quantitative estimate of drug-likeness (QED) is 0.450. The van der Waals surface area contributed by atoms with E-state index in [1.54, 1.807) is 30.3 Å². The molecule has 1 aromatic heterocycles. The van der Waals surface area contributed by atoms with Crippen LogP contribution < -0.4 is 10.6 Å². The highest BCUT2D eigenvalue weighted by Gasteiger charge is 2.10. The number of anilines is 3. The molecule has 5 nitrogen and oxygen atoms in total. The average molecular weight is 395 g/mol. The van der Waals surface area contributed by atoms with E-state index in [1.807, 2.05) is 48.5 Å². The van der Waals surface area contributed by atoms with Gasteiger partial charge in [0.15, 0.2) is 0 Å². The summed E-state index contributed by atoms with van der Waals surface area (Å²) in [6.45, 7) is 0.249. The molecule has 146 valence electrons. The Labute approximate surface area is 173 Å². The second kappa shape index (κ2) is 8.84. The van der Waals surface area contributed by atoms with Crippen LogP contribution in [0, 0.1) is 17.1 Å². The standard InChI is InChI=1S/C24H18FN5/c25-20-12-6-4-11-19(20)16-27-24-29-22(17-8-2-1-3-9-17)14-23(30-24)28-21-13-7-5-10-18(21)15-26/h1-14H,16H2,(H2,27,28,29,30). The van der Waals surface area contributed by atoms with Gasteiger partial charge in [0.25, 0.3) is 0 Å². The van der Waals surface area contributed by atoms with Gasteiger partial charge in [0.1, 0.15) is 17.7 Å². The molecule has 0 saturated heterocycles. The molecule has 1 heterocycles. The lowest BCUT2D eigenvalue weighted by Crippen LogP contribution is -2.07. The monoisotopic (exact) mass is 395 g/mol. The molecule has 0 spiro atoms. The van der Waals surface area contributed by atoms with E-state index in [-0.39, 0.29) is 12.4 Å². The zero-order valence-corrected chi connectivity index (χ0v) is 16.0. The number of hydrogen-bond acceptors (Lipinski definition) is 5. The van der Waals surface area contributed by atoms with Gasteiger partial charge >= 0.3 is 0 Å². The smallest absolute Gasteiger partial charge is 0.225 e. The molecule has 0 aliphatic carbocycles. The van der Waals surface area contributed by atoms with Gasteiger partial charge < -0.3 is 10.6 Å². The third-order valence-electron chi connectivity index (χ3n) is 4.50. The first-order valence-corrected chi connectivity index (χ1v) is 9.41. The van der Waals surface area contributed by atoms with Gasteiger partial charge in [-0.2, -0.15) is 10.2 Å². The highest BCUT2D eigenvalue weighted by molar-refractivity contribution is 5.70. The first-order chi connectivity index (χ1) is 14.7. The summed E-state index contributed by atoms with van der Waals surface area (Å²) in [5, 5.41) is 15.6. The summed E-state index contributed by atoms with van der Waals surface area (Å²) in [5.41, 5.74) is 3.32. The van der Waals surface area contributed by atoms with Crippen molar-refractivity contribution in [3.63, 3.8) is 0 Å². The predicted octanol–water partition coefficient (Wildman–Crippen LogP) is 5.51. The minimum absolute atomic E-state index is 0.249. The van der Waals surface area contributed by atoms with E-state index < -0.39 is 0 Å². The lowest BCUT2D eigenvalue weighted by molar-refractivity contribution is 0.612. The van der Waals surface area contributed by atoms with Crippen molar-refractivity contribution in [2.45, 2.75) is 6.54 Å². The molecule has 0 fully saturated rings. The molecule has 0 amide bonds. The van der Waals surface area contributed by atoms with Crippen LogP contribution in [0.15, 0.2) is 84.9 Å². The highest BCUT2D eigenvalue weighted by Crippen LogP contribution is 2.25. The number of hydrogen-bond donors (Lipinski definition) is 2. The number of halogens is 1. The van der Waals surface area contributed by atoms with Crippen LogP contribution in [0.25, 0.3) is 11.3 Å². The van der Waals surface area contributed by atoms with Crippen LogP contribution in [0.4, 0.5) is 21.8 Å². The maximum absolute atomic E-state index is 14.0. The number of nitriles is 1. The summed E-state index contributed by atoms with van der Waals surface area (Å²) in [6, 6.07) is 27.5. The van der Waals surface area contributed by atoms with Gasteiger partial charge in [0.2, 0.25) is 5.95 Å². The van der Waals surface area contributed by atoms with Crippen molar-refractivity contribution in [3.05, 3.63) is 102 Å². The molecule has 4 aromatic rings. The second-order valence-corrected chi connectivity index (χ2v) is 6.56. The summed E-state index contributed by atoms with van der Waals surface area (Å²) in [7, 11) is 0. The highest BCUT2D eigenvalue weighted by atomic mass is 19.1. The van der Waals surface area contributed by atoms with E-state index in [0.717, 1.165) is 5.56 Å². The number of nitrogens with zero attached hydrogens (tertiary/aromatic N) is 3. The van der Waals surface area contributed by atoms with Crippen LogP contribution in [0.1, 0.15) is 11.1 Å². The van der Waals surface area contributed by atoms with Crippen molar-refractivity contribution in [1.29, 1.82) is 5.26 Å². The number of para-hydroxylation sites is 1. The molecule has 0 unspecified atom stereocenters. The van der Waals surface area contributed by atoms with Crippen LogP contribution in [0.5, 0.6) is 0 Å². The van der Waals surface area contributed by atoms with E-state index in [4.69, 9.17) is 0 Å². The van der Waals surface area contributed by atoms with Crippen LogP contribution in [-0.4, -0.2) is 9.97 Å². The van der Waals surface area contributed by atoms with Gasteiger partial charge in [-0.25, -0.2) is 9.37 Å². The lowest BCUT2D eigenvalue weighted by Gasteiger charge is -2.12. The minimum Gasteiger partial charge on any atom is -0.350 e. The summed E-state index contributed by atoms with van der Waals surface area (Å²) in [4.78, 5) is 9.09. The molecule has 6 heteroatoms. The molecule has 30 heavy (non-hydrogen) atoms. The fraction of sp³-hybridized carbons (Fsp3) is 0.0417. The van der Waals surface area contributed by atoms with Gasteiger partial charge in [-0.3, -0.25) is 0 Å². The van der Waals surface area contributed by atoms with Crippen LogP contribution in [0.2, 0.25) is 0 Å². The maximum atomic E-state index is 14.0. The van der Waals surface area contributed by atoms with Crippen molar-refractivity contribution in [3.8, 4) is 17.3 Å². The zero-order chi connectivity index (χ0) is 20.8. The Morgan fingerprint density at radius 1 is 0.867 bits per heavy atom. The largest absolute Gasteiger partial charge is 0.350 e. The Morgan fingerprint density at radius 2 is 1.60 bits per heavy atom. The summed E-state index contributed by atoms with van der Waals surface area (Å²) >= 11 is 0. The molecule has 0 aliphatic heterocycles. The van der Waals surface area contributed by atoms with E-state index in [2.05, 4.69) is 26.7 Å². The van der Waals surface area contributed by atoms with Crippen molar-refractivity contribution in [2.24, 2.45) is 0 Å². The van der Waals surface area contributed by atoms with Crippen molar-refractivity contribution < 1.29 is 4.39 Å². The topological polar surface area (TPSA) is 73.6 Å². The summed E-state index contributed by atoms with van der Waals surface area (Å²) < 4.78 is 14.0. The van der Waals surface area contributed by atoms with E-state index >= 15 is 0 Å². The number of nitrogens with one attached hydrogen (secondary N) is 2. The molecule has 0 bridgehead atoms. The SMILES string of the molecule is N#Cc1ccccc1Nc1cc(-c2ccccc2)nc(NCc2ccccc2F)n1. The molecular formula is C24H18FN5. The average Bonchev–Trinajstić information content (AvgIpc) is 2.79. The molecule has 0 radical (unpaired) electrons. The Bertz CT molecular complexity index is 1200. The molecule has 0 saturated carbocycles. The predicted molar refractivity (Wildman–Crippen MR) is 116 cm³/mol. The third-order valence-corrected chi connectivity index (χ3v) is 4.50. The lowest BCUT2D eigenvalue weighted by atomic mass is 10.1. The maximum Gasteiger partial charge on any atom is 0.225 e. The molecule has 0 atom stereocenters. The van der Waals surface area contributed by atoms with Gasteiger partial charge in [0, 0.05) is 23.7 Å². The molecular weight excluding hydrogens is 377 g/mol. The Balaban J connectivity index is 1.68. The van der Waals surface area contributed by atoms with E-state index in [0.29, 0.717) is 34.3 Å². The van der Waals surface area contributed by atoms with E-state index in [9.17, 15) is 9.65 Å². The Hall–Kier alpha value is -4.24. The second-order valence-electron chi connectivity index (χ2n) is 6.56. The summed E-state index contributed by atoms with van der Waals surface area (Å²) in [6.07, 6.45) is 0. The van der Waals surface area contributed by atoms with Gasteiger partial charge in [-0.15, -0.1) is 0 Å². The molecule has 2 N–H and O–H groups in total. The van der Waals surface area contributed by atoms with Crippen LogP contribution >= 0.6 is 0 Å². The normalized spacial score (nSPS) is 10.3. The fourth-order valence-electron chi connectivity index (χ4n) is 2.99.